The molecule has 0 radical (unpaired) electrons. The average molecular weight is 173 g/mol. The molecule has 0 aromatic heterocycles. The molecule has 2 N–H and O–H groups in total. The van der Waals surface area contributed by atoms with Crippen LogP contribution in [0.3, 0.4) is 0 Å². The van der Waals surface area contributed by atoms with E-state index in [2.05, 4.69) is 4.90 Å². The Morgan fingerprint density at radius 2 is 1.42 bits per heavy atom. The van der Waals surface area contributed by atoms with Gasteiger partial charge in [0.2, 0.25) is 0 Å². The molecule has 1 aliphatic heterocycles. The first kappa shape index (κ1) is 9.96. The van der Waals surface area contributed by atoms with Crippen LogP contribution < -0.4 is 0 Å². The van der Waals surface area contributed by atoms with Gasteiger partial charge in [-0.05, 0) is 25.9 Å². The number of hydrogen-bond donors (Lipinski definition) is 2. The number of rotatable bonds is 3. The highest BCUT2D eigenvalue weighted by molar-refractivity contribution is 4.72. The molecule has 3 heteroatoms. The van der Waals surface area contributed by atoms with Crippen molar-refractivity contribution in [2.24, 2.45) is 0 Å². The van der Waals surface area contributed by atoms with Crippen molar-refractivity contribution in [1.82, 2.24) is 4.90 Å². The van der Waals surface area contributed by atoms with Gasteiger partial charge in [-0.3, -0.25) is 4.90 Å². The second-order valence-electron chi connectivity index (χ2n) is 3.47. The fraction of sp³-hybridized carbons (Fsp3) is 1.00. The Kier molecular flexibility index (Phi) is 4.58. The van der Waals surface area contributed by atoms with Crippen LogP contribution in [0.15, 0.2) is 0 Å². The Balaban J connectivity index is 2.35. The second kappa shape index (κ2) is 5.51. The van der Waals surface area contributed by atoms with Crippen LogP contribution >= 0.6 is 0 Å². The summed E-state index contributed by atoms with van der Waals surface area (Å²) in [5.41, 5.74) is 0. The lowest BCUT2D eigenvalue weighted by molar-refractivity contribution is 0.0764. The van der Waals surface area contributed by atoms with Crippen LogP contribution in [0.1, 0.15) is 25.7 Å². The fourth-order valence-electron chi connectivity index (χ4n) is 1.75. The Hall–Kier alpha value is -0.120. The molecule has 1 aliphatic rings. The molecule has 0 aliphatic carbocycles. The summed E-state index contributed by atoms with van der Waals surface area (Å²) in [7, 11) is 0. The summed E-state index contributed by atoms with van der Waals surface area (Å²) >= 11 is 0. The lowest BCUT2D eigenvalue weighted by Gasteiger charge is -2.27. The normalized spacial score (nSPS) is 21.2. The zero-order chi connectivity index (χ0) is 8.81. The van der Waals surface area contributed by atoms with Crippen molar-refractivity contribution in [2.75, 3.05) is 26.3 Å². The molecule has 0 aromatic rings. The molecule has 0 bridgehead atoms. The zero-order valence-corrected chi connectivity index (χ0v) is 7.58. The summed E-state index contributed by atoms with van der Waals surface area (Å²) in [6.07, 6.45) is 4.99. The predicted octanol–water partition coefficient (Wildman–Crippen LogP) is 0.216. The van der Waals surface area contributed by atoms with Gasteiger partial charge in [0.05, 0.1) is 19.3 Å². The third-order valence-corrected chi connectivity index (χ3v) is 2.58. The van der Waals surface area contributed by atoms with Crippen molar-refractivity contribution in [3.8, 4) is 0 Å². The number of hydrogen-bond acceptors (Lipinski definition) is 3. The van der Waals surface area contributed by atoms with Crippen LogP contribution in [0.2, 0.25) is 0 Å². The summed E-state index contributed by atoms with van der Waals surface area (Å²) in [6.45, 7) is 2.23. The number of nitrogens with zero attached hydrogens (tertiary/aromatic N) is 1. The fourth-order valence-corrected chi connectivity index (χ4v) is 1.75. The van der Waals surface area contributed by atoms with Gasteiger partial charge in [0.15, 0.2) is 0 Å². The first-order valence-corrected chi connectivity index (χ1v) is 4.84. The Morgan fingerprint density at radius 3 is 1.83 bits per heavy atom. The molecule has 0 aromatic carbocycles. The molecule has 0 atom stereocenters. The maximum atomic E-state index is 8.97. The van der Waals surface area contributed by atoms with E-state index in [1.165, 1.54) is 25.7 Å². The third-order valence-electron chi connectivity index (χ3n) is 2.58. The minimum atomic E-state index is -0.0249. The number of aliphatic hydroxyl groups excluding tert-OH is 2. The number of aliphatic hydroxyl groups is 2. The van der Waals surface area contributed by atoms with Gasteiger partial charge < -0.3 is 10.2 Å². The van der Waals surface area contributed by atoms with Gasteiger partial charge in [0.1, 0.15) is 0 Å². The van der Waals surface area contributed by atoms with Crippen molar-refractivity contribution >= 4 is 0 Å². The summed E-state index contributed by atoms with van der Waals surface area (Å²) in [5.74, 6) is 0. The molecule has 0 amide bonds. The largest absolute Gasteiger partial charge is 0.395 e. The van der Waals surface area contributed by atoms with Gasteiger partial charge in [-0.1, -0.05) is 12.8 Å². The molecular weight excluding hydrogens is 154 g/mol. The second-order valence-corrected chi connectivity index (χ2v) is 3.47. The minimum absolute atomic E-state index is 0.0249. The first-order chi connectivity index (χ1) is 5.88. The van der Waals surface area contributed by atoms with Crippen LogP contribution in [-0.2, 0) is 0 Å². The van der Waals surface area contributed by atoms with Gasteiger partial charge >= 0.3 is 0 Å². The molecular formula is C9H19NO2. The maximum absolute atomic E-state index is 8.97. The van der Waals surface area contributed by atoms with Crippen LogP contribution in [0.5, 0.6) is 0 Å². The first-order valence-electron chi connectivity index (χ1n) is 4.84. The monoisotopic (exact) mass is 173 g/mol. The van der Waals surface area contributed by atoms with E-state index in [0.717, 1.165) is 13.1 Å². The lowest BCUT2D eigenvalue weighted by atomic mass is 10.2. The van der Waals surface area contributed by atoms with Gasteiger partial charge in [-0.15, -0.1) is 0 Å². The molecule has 0 spiro atoms. The highest BCUT2D eigenvalue weighted by Crippen LogP contribution is 2.11. The van der Waals surface area contributed by atoms with E-state index in [4.69, 9.17) is 10.2 Å². The Bertz CT molecular complexity index is 107. The van der Waals surface area contributed by atoms with Crippen LogP contribution in [0, 0.1) is 0 Å². The van der Waals surface area contributed by atoms with Crippen molar-refractivity contribution in [1.29, 1.82) is 0 Å². The van der Waals surface area contributed by atoms with Crippen molar-refractivity contribution in [2.45, 2.75) is 31.7 Å². The average Bonchev–Trinajstić information content (AvgIpc) is 2.35. The van der Waals surface area contributed by atoms with E-state index in [9.17, 15) is 0 Å². The van der Waals surface area contributed by atoms with E-state index in [1.807, 2.05) is 0 Å². The topological polar surface area (TPSA) is 43.7 Å². The van der Waals surface area contributed by atoms with Gasteiger partial charge in [0, 0.05) is 0 Å². The summed E-state index contributed by atoms with van der Waals surface area (Å²) in [5, 5.41) is 17.9. The highest BCUT2D eigenvalue weighted by Gasteiger charge is 2.17. The quantitative estimate of drug-likeness (QED) is 0.641. The third kappa shape index (κ3) is 2.73. The summed E-state index contributed by atoms with van der Waals surface area (Å²) in [6, 6.07) is -0.0249. The van der Waals surface area contributed by atoms with E-state index < -0.39 is 0 Å². The van der Waals surface area contributed by atoms with Gasteiger partial charge in [-0.25, -0.2) is 0 Å². The molecule has 1 saturated heterocycles. The molecule has 0 saturated carbocycles. The van der Waals surface area contributed by atoms with Crippen molar-refractivity contribution < 1.29 is 10.2 Å². The summed E-state index contributed by atoms with van der Waals surface area (Å²) < 4.78 is 0. The molecule has 12 heavy (non-hydrogen) atoms. The van der Waals surface area contributed by atoms with E-state index in [0.29, 0.717) is 0 Å². The van der Waals surface area contributed by atoms with E-state index in [1.54, 1.807) is 0 Å². The van der Waals surface area contributed by atoms with Crippen molar-refractivity contribution in [3.63, 3.8) is 0 Å². The van der Waals surface area contributed by atoms with Gasteiger partial charge in [-0.2, -0.15) is 0 Å². The molecule has 0 unspecified atom stereocenters. The molecule has 1 heterocycles. The van der Waals surface area contributed by atoms with Crippen LogP contribution in [-0.4, -0.2) is 47.5 Å². The van der Waals surface area contributed by atoms with Gasteiger partial charge in [0.25, 0.3) is 0 Å². The minimum Gasteiger partial charge on any atom is -0.395 e. The Labute approximate surface area is 74.0 Å². The summed E-state index contributed by atoms with van der Waals surface area (Å²) in [4.78, 5) is 2.20. The molecule has 3 nitrogen and oxygen atoms in total. The molecule has 1 fully saturated rings. The van der Waals surface area contributed by atoms with E-state index in [-0.39, 0.29) is 19.3 Å². The molecule has 72 valence electrons. The zero-order valence-electron chi connectivity index (χ0n) is 7.58. The Morgan fingerprint density at radius 1 is 0.917 bits per heavy atom. The molecule has 1 rings (SSSR count). The van der Waals surface area contributed by atoms with Crippen molar-refractivity contribution in [3.05, 3.63) is 0 Å². The number of likely N-dealkylation sites (tertiary alicyclic amines) is 1. The predicted molar refractivity (Wildman–Crippen MR) is 48.0 cm³/mol. The van der Waals surface area contributed by atoms with Crippen LogP contribution in [0.4, 0.5) is 0 Å². The highest BCUT2D eigenvalue weighted by atomic mass is 16.3. The van der Waals surface area contributed by atoms with E-state index >= 15 is 0 Å². The maximum Gasteiger partial charge on any atom is 0.0609 e. The SMILES string of the molecule is OCC(CO)N1CCCCCC1. The smallest absolute Gasteiger partial charge is 0.0609 e. The van der Waals surface area contributed by atoms with Crippen LogP contribution in [0.25, 0.3) is 0 Å². The standard InChI is InChI=1S/C9H19NO2/c11-7-9(8-12)10-5-3-1-2-4-6-10/h9,11-12H,1-8H2. The lowest BCUT2D eigenvalue weighted by Crippen LogP contribution is -2.41.